The van der Waals surface area contributed by atoms with E-state index in [9.17, 15) is 19.8 Å². The van der Waals surface area contributed by atoms with Crippen molar-refractivity contribution in [3.05, 3.63) is 11.6 Å². The zero-order valence-corrected chi connectivity index (χ0v) is 30.2. The van der Waals surface area contributed by atoms with Crippen LogP contribution in [0, 0.1) is 74.9 Å². The molecule has 15 atom stereocenters. The van der Waals surface area contributed by atoms with E-state index in [2.05, 4.69) is 33.8 Å². The molecule has 0 aromatic carbocycles. The molecule has 0 aliphatic heterocycles. The van der Waals surface area contributed by atoms with Gasteiger partial charge in [0, 0.05) is 11.8 Å². The van der Waals surface area contributed by atoms with E-state index in [1.165, 1.54) is 64.2 Å². The fourth-order valence-electron chi connectivity index (χ4n) is 15.2. The summed E-state index contributed by atoms with van der Waals surface area (Å²) in [5.41, 5.74) is 2.85. The van der Waals surface area contributed by atoms with E-state index in [1.54, 1.807) is 5.57 Å². The first kappa shape index (κ1) is 33.5. The van der Waals surface area contributed by atoms with Crippen molar-refractivity contribution in [2.75, 3.05) is 0 Å². The van der Waals surface area contributed by atoms with Crippen molar-refractivity contribution in [2.45, 2.75) is 163 Å². The zero-order chi connectivity index (χ0) is 32.8. The van der Waals surface area contributed by atoms with Crippen molar-refractivity contribution in [1.29, 1.82) is 0 Å². The molecule has 0 amide bonds. The van der Waals surface area contributed by atoms with Gasteiger partial charge in [0.1, 0.15) is 11.6 Å². The quantitative estimate of drug-likeness (QED) is 0.297. The molecular formula is C42H66O4. The van der Waals surface area contributed by atoms with E-state index >= 15 is 0 Å². The first-order valence-corrected chi connectivity index (χ1v) is 19.8. The van der Waals surface area contributed by atoms with E-state index in [0.717, 1.165) is 86.4 Å². The van der Waals surface area contributed by atoms with Gasteiger partial charge in [0.15, 0.2) is 0 Å². The summed E-state index contributed by atoms with van der Waals surface area (Å²) in [5.74, 6) is 6.97. The number of hydrogen-bond donors (Lipinski definition) is 2. The lowest BCUT2D eigenvalue weighted by Crippen LogP contribution is -2.54. The fourth-order valence-corrected chi connectivity index (χ4v) is 15.2. The van der Waals surface area contributed by atoms with E-state index in [0.29, 0.717) is 34.2 Å². The van der Waals surface area contributed by atoms with Gasteiger partial charge in [-0.25, -0.2) is 0 Å². The smallest absolute Gasteiger partial charge is 0.133 e. The lowest BCUT2D eigenvalue weighted by atomic mass is 9.44. The summed E-state index contributed by atoms with van der Waals surface area (Å²) in [6, 6.07) is 0. The minimum absolute atomic E-state index is 0.0490. The van der Waals surface area contributed by atoms with Gasteiger partial charge >= 0.3 is 0 Å². The molecular weight excluding hydrogens is 568 g/mol. The predicted molar refractivity (Wildman–Crippen MR) is 184 cm³/mol. The minimum atomic E-state index is -0.117. The standard InChI is InChI=1S/C21H34O2.C21H32O2/c2*1-13(22)17-6-7-18-16-5-4-14-12-15(23)8-10-20(14,2)19(16)9-11-21(17,18)3/h14-19,23H,4-12H2,1-3H3;4,15-19,23H,5-12H2,1-3H3/t14?,15-,16-,17+,18-,19?,20-,21+;15-,16-,17+,18-,19?,20-,21+/m00/s1. The SMILES string of the molecule is CC(=O)[C@H]1CC[C@H]2[C@@H]3CC=C4C[C@@H](O)CC[C@]4(C)C3CC[C@]12C.CC(=O)[C@H]1CC[C@H]2[C@@H]3CCC4C[C@@H](O)CC[C@]4(C)C3CC[C@]12C. The first-order valence-electron chi connectivity index (χ1n) is 19.8. The predicted octanol–water partition coefficient (Wildman–Crippen LogP) is 9.11. The Labute approximate surface area is 280 Å². The molecule has 4 heteroatoms. The maximum Gasteiger partial charge on any atom is 0.133 e. The third kappa shape index (κ3) is 5.01. The Bertz CT molecular complexity index is 1240. The molecule has 0 aromatic heterocycles. The Kier molecular flexibility index (Phi) is 8.60. The lowest BCUT2D eigenvalue weighted by Gasteiger charge is -2.60. The number of fused-ring (bicyclic) bond motifs is 10. The molecule has 0 saturated heterocycles. The van der Waals surface area contributed by atoms with Crippen LogP contribution in [0.1, 0.15) is 151 Å². The molecule has 0 aromatic rings. The molecule has 2 N–H and O–H groups in total. The van der Waals surface area contributed by atoms with Crippen LogP contribution in [0.3, 0.4) is 0 Å². The number of aliphatic hydroxyl groups excluding tert-OH is 2. The maximum absolute atomic E-state index is 12.2. The van der Waals surface area contributed by atoms with Crippen molar-refractivity contribution >= 4 is 11.6 Å². The summed E-state index contributed by atoms with van der Waals surface area (Å²) in [4.78, 5) is 24.3. The number of rotatable bonds is 2. The lowest BCUT2D eigenvalue weighted by molar-refractivity contribution is -0.138. The Balaban J connectivity index is 0.000000147. The summed E-state index contributed by atoms with van der Waals surface area (Å²) in [6.07, 6.45) is 22.3. The third-order valence-corrected chi connectivity index (χ3v) is 17.7. The van der Waals surface area contributed by atoms with Crippen LogP contribution in [0.2, 0.25) is 0 Å². The Morgan fingerprint density at radius 2 is 1.15 bits per heavy atom. The van der Waals surface area contributed by atoms with Gasteiger partial charge in [-0.05, 0) is 186 Å². The molecule has 8 aliphatic rings. The van der Waals surface area contributed by atoms with Gasteiger partial charge in [-0.1, -0.05) is 39.3 Å². The Morgan fingerprint density at radius 1 is 0.609 bits per heavy atom. The van der Waals surface area contributed by atoms with Gasteiger partial charge in [-0.15, -0.1) is 0 Å². The summed E-state index contributed by atoms with van der Waals surface area (Å²) in [7, 11) is 0. The van der Waals surface area contributed by atoms with Crippen LogP contribution in [0.5, 0.6) is 0 Å². The molecule has 4 nitrogen and oxygen atoms in total. The van der Waals surface area contributed by atoms with Crippen LogP contribution in [0.25, 0.3) is 0 Å². The van der Waals surface area contributed by atoms with Crippen molar-refractivity contribution in [1.82, 2.24) is 0 Å². The molecule has 258 valence electrons. The van der Waals surface area contributed by atoms with Crippen molar-refractivity contribution in [3.8, 4) is 0 Å². The number of aliphatic hydroxyl groups is 2. The zero-order valence-electron chi connectivity index (χ0n) is 30.2. The molecule has 8 aliphatic carbocycles. The van der Waals surface area contributed by atoms with E-state index < -0.39 is 0 Å². The van der Waals surface area contributed by atoms with Crippen molar-refractivity contribution < 1.29 is 19.8 Å². The van der Waals surface area contributed by atoms with Crippen molar-refractivity contribution in [3.63, 3.8) is 0 Å². The molecule has 0 bridgehead atoms. The molecule has 0 radical (unpaired) electrons. The average Bonchev–Trinajstić information content (AvgIpc) is 3.55. The van der Waals surface area contributed by atoms with Gasteiger partial charge < -0.3 is 10.2 Å². The molecule has 0 heterocycles. The number of carbonyl (C=O) groups excluding carboxylic acids is 2. The number of hydrogen-bond acceptors (Lipinski definition) is 4. The molecule has 3 unspecified atom stereocenters. The van der Waals surface area contributed by atoms with Crippen LogP contribution < -0.4 is 0 Å². The largest absolute Gasteiger partial charge is 0.393 e. The van der Waals surface area contributed by atoms with E-state index in [4.69, 9.17) is 0 Å². The summed E-state index contributed by atoms with van der Waals surface area (Å²) < 4.78 is 0. The highest BCUT2D eigenvalue weighted by atomic mass is 16.3. The van der Waals surface area contributed by atoms with E-state index in [-0.39, 0.29) is 23.0 Å². The Morgan fingerprint density at radius 3 is 1.78 bits per heavy atom. The summed E-state index contributed by atoms with van der Waals surface area (Å²) in [6.45, 7) is 13.5. The first-order chi connectivity index (χ1) is 21.7. The molecule has 0 spiro atoms. The van der Waals surface area contributed by atoms with Gasteiger partial charge in [-0.3, -0.25) is 9.59 Å². The molecule has 7 fully saturated rings. The monoisotopic (exact) mass is 634 g/mol. The number of allylic oxidation sites excluding steroid dienone is 1. The highest BCUT2D eigenvalue weighted by Crippen LogP contribution is 2.68. The average molecular weight is 635 g/mol. The molecule has 7 saturated carbocycles. The molecule has 46 heavy (non-hydrogen) atoms. The number of ketones is 2. The van der Waals surface area contributed by atoms with Crippen LogP contribution >= 0.6 is 0 Å². The van der Waals surface area contributed by atoms with Gasteiger partial charge in [0.05, 0.1) is 12.2 Å². The van der Waals surface area contributed by atoms with E-state index in [1.807, 2.05) is 13.8 Å². The maximum atomic E-state index is 12.2. The minimum Gasteiger partial charge on any atom is -0.393 e. The highest BCUT2D eigenvalue weighted by molar-refractivity contribution is 5.80. The summed E-state index contributed by atoms with van der Waals surface area (Å²) in [5, 5.41) is 20.2. The van der Waals surface area contributed by atoms with Gasteiger partial charge in [-0.2, -0.15) is 0 Å². The van der Waals surface area contributed by atoms with Crippen LogP contribution in [-0.4, -0.2) is 34.0 Å². The summed E-state index contributed by atoms with van der Waals surface area (Å²) >= 11 is 0. The van der Waals surface area contributed by atoms with Crippen LogP contribution in [0.4, 0.5) is 0 Å². The van der Waals surface area contributed by atoms with Gasteiger partial charge in [0.2, 0.25) is 0 Å². The number of carbonyl (C=O) groups is 2. The van der Waals surface area contributed by atoms with Gasteiger partial charge in [0.25, 0.3) is 0 Å². The second kappa shape index (κ2) is 11.8. The fraction of sp³-hybridized carbons (Fsp3) is 0.905. The van der Waals surface area contributed by atoms with Crippen LogP contribution in [0.15, 0.2) is 11.6 Å². The van der Waals surface area contributed by atoms with Crippen LogP contribution in [-0.2, 0) is 9.59 Å². The second-order valence-electron chi connectivity index (χ2n) is 19.3. The van der Waals surface area contributed by atoms with Crippen molar-refractivity contribution in [2.24, 2.45) is 74.9 Å². The second-order valence-corrected chi connectivity index (χ2v) is 19.3. The normalized spacial score (nSPS) is 53.9. The third-order valence-electron chi connectivity index (χ3n) is 17.7. The Hall–Kier alpha value is -1.00. The number of Topliss-reactive ketones (excluding diaryl/α,β-unsaturated/α-hetero) is 2. The highest BCUT2D eigenvalue weighted by Gasteiger charge is 2.61. The topological polar surface area (TPSA) is 74.6 Å². The molecule has 8 rings (SSSR count).